The van der Waals surface area contributed by atoms with Crippen LogP contribution in [0.5, 0.6) is 0 Å². The Labute approximate surface area is 106 Å². The highest BCUT2D eigenvalue weighted by molar-refractivity contribution is 7.89. The van der Waals surface area contributed by atoms with Crippen molar-refractivity contribution >= 4 is 18.4 Å². The molecule has 0 spiro atoms. The summed E-state index contributed by atoms with van der Waals surface area (Å²) in [4.78, 5) is -1.35. The number of halogens is 4. The molecule has 19 heavy (non-hydrogen) atoms. The van der Waals surface area contributed by atoms with Gasteiger partial charge in [0.1, 0.15) is 10.7 Å². The van der Waals surface area contributed by atoms with Gasteiger partial charge in [-0.05, 0) is 18.2 Å². The van der Waals surface area contributed by atoms with Gasteiger partial charge < -0.3 is 0 Å². The van der Waals surface area contributed by atoms with Gasteiger partial charge in [0.2, 0.25) is 0 Å². The van der Waals surface area contributed by atoms with E-state index in [4.69, 9.17) is 0 Å². The Kier molecular flexibility index (Phi) is 4.62. The van der Waals surface area contributed by atoms with E-state index >= 15 is 0 Å². The van der Waals surface area contributed by atoms with E-state index in [0.717, 1.165) is 7.11 Å². The van der Waals surface area contributed by atoms with Crippen LogP contribution in [0.25, 0.3) is 0 Å². The van der Waals surface area contributed by atoms with Crippen molar-refractivity contribution in [1.82, 2.24) is 0 Å². The average Bonchev–Trinajstić information content (AvgIpc) is 2.26. The molecule has 5 nitrogen and oxygen atoms in total. The number of benzene rings is 1. The maximum absolute atomic E-state index is 12.8. The van der Waals surface area contributed by atoms with E-state index in [1.807, 2.05) is 0 Å². The zero-order chi connectivity index (χ0) is 14.8. The first-order valence-corrected chi connectivity index (χ1v) is 6.91. The third kappa shape index (κ3) is 3.93. The van der Waals surface area contributed by atoms with Gasteiger partial charge >= 0.3 is 24.5 Å². The highest BCUT2D eigenvalue weighted by Crippen LogP contribution is 2.38. The quantitative estimate of drug-likeness (QED) is 0.630. The minimum absolute atomic E-state index is 0.00385. The van der Waals surface area contributed by atoms with Gasteiger partial charge in [-0.2, -0.15) is 21.6 Å². The van der Waals surface area contributed by atoms with Crippen molar-refractivity contribution in [1.29, 1.82) is 0 Å². The summed E-state index contributed by atoms with van der Waals surface area (Å²) in [7, 11) is -7.31. The molecule has 0 heterocycles. The van der Waals surface area contributed by atoms with Crippen molar-refractivity contribution in [2.24, 2.45) is 0 Å². The van der Waals surface area contributed by atoms with Crippen molar-refractivity contribution in [2.45, 2.75) is 11.1 Å². The van der Waals surface area contributed by atoms with Crippen LogP contribution in [0.3, 0.4) is 0 Å². The highest BCUT2D eigenvalue weighted by atomic mass is 32.2. The molecule has 1 atom stereocenters. The van der Waals surface area contributed by atoms with Crippen LogP contribution in [0.15, 0.2) is 23.1 Å². The SMILES string of the molecule is CO[P+](=O)OS(=O)(=O)c1ccc(F)cc1C(F)(F)F. The zero-order valence-corrected chi connectivity index (χ0v) is 10.9. The molecule has 0 aliphatic rings. The Bertz CT molecular complexity index is 598. The maximum Gasteiger partial charge on any atom is 0.714 e. The molecule has 0 saturated heterocycles. The fourth-order valence-corrected chi connectivity index (χ4v) is 2.98. The molecule has 0 bridgehead atoms. The van der Waals surface area contributed by atoms with Gasteiger partial charge in [0.15, 0.2) is 0 Å². The summed E-state index contributed by atoms with van der Waals surface area (Å²) < 4.78 is 92.2. The number of hydrogen-bond donors (Lipinski definition) is 0. The molecule has 1 unspecified atom stereocenters. The van der Waals surface area contributed by atoms with E-state index in [1.165, 1.54) is 0 Å². The van der Waals surface area contributed by atoms with Gasteiger partial charge in [-0.3, -0.25) is 0 Å². The second-order valence-corrected chi connectivity index (χ2v) is 5.83. The van der Waals surface area contributed by atoms with Crippen LogP contribution < -0.4 is 0 Å². The van der Waals surface area contributed by atoms with Crippen LogP contribution in [-0.2, 0) is 29.4 Å². The van der Waals surface area contributed by atoms with Gasteiger partial charge in [0.25, 0.3) is 0 Å². The standard InChI is InChI=1S/C8H6F4O5PS/c1-16-18(13)17-19(14,15)7-3-2-5(9)4-6(7)8(10,11)12/h2-4H,1H3/q+1. The van der Waals surface area contributed by atoms with Gasteiger partial charge in [-0.1, -0.05) is 0 Å². The first-order chi connectivity index (χ1) is 8.58. The van der Waals surface area contributed by atoms with Gasteiger partial charge in [-0.15, -0.1) is 4.52 Å². The van der Waals surface area contributed by atoms with Crippen LogP contribution in [0, 0.1) is 5.82 Å². The Morgan fingerprint density at radius 1 is 1.26 bits per heavy atom. The molecule has 1 aromatic rings. The largest absolute Gasteiger partial charge is 0.714 e. The van der Waals surface area contributed by atoms with E-state index in [1.54, 1.807) is 0 Å². The summed E-state index contributed by atoms with van der Waals surface area (Å²) in [6.07, 6.45) is -5.12. The molecule has 0 amide bonds. The second-order valence-electron chi connectivity index (χ2n) is 3.07. The zero-order valence-electron chi connectivity index (χ0n) is 9.14. The molecule has 1 aromatic carbocycles. The van der Waals surface area contributed by atoms with Crippen molar-refractivity contribution in [3.05, 3.63) is 29.6 Å². The van der Waals surface area contributed by atoms with Crippen molar-refractivity contribution in [3.8, 4) is 0 Å². The molecule has 0 aliphatic heterocycles. The van der Waals surface area contributed by atoms with Crippen molar-refractivity contribution < 1.29 is 39.0 Å². The fraction of sp³-hybridized carbons (Fsp3) is 0.250. The Hall–Kier alpha value is -1.09. The maximum atomic E-state index is 12.8. The first kappa shape index (κ1) is 16.0. The van der Waals surface area contributed by atoms with Crippen LogP contribution in [0.1, 0.15) is 5.56 Å². The first-order valence-electron chi connectivity index (χ1n) is 4.40. The molecule has 0 fully saturated rings. The summed E-state index contributed by atoms with van der Waals surface area (Å²) >= 11 is 0. The topological polar surface area (TPSA) is 69.7 Å². The van der Waals surface area contributed by atoms with Crippen LogP contribution in [0.2, 0.25) is 0 Å². The molecular weight excluding hydrogens is 315 g/mol. The lowest BCUT2D eigenvalue weighted by atomic mass is 10.2. The summed E-state index contributed by atoms with van der Waals surface area (Å²) in [6.45, 7) is 0. The Morgan fingerprint density at radius 2 is 1.84 bits per heavy atom. The van der Waals surface area contributed by atoms with Crippen molar-refractivity contribution in [2.75, 3.05) is 7.11 Å². The van der Waals surface area contributed by atoms with E-state index in [-0.39, 0.29) is 6.07 Å². The van der Waals surface area contributed by atoms with E-state index < -0.39 is 40.8 Å². The van der Waals surface area contributed by atoms with Gasteiger partial charge in [-0.25, -0.2) is 4.39 Å². The van der Waals surface area contributed by atoms with E-state index in [9.17, 15) is 30.5 Å². The van der Waals surface area contributed by atoms with Gasteiger partial charge in [0.05, 0.1) is 12.7 Å². The number of alkyl halides is 3. The van der Waals surface area contributed by atoms with Crippen molar-refractivity contribution in [3.63, 3.8) is 0 Å². The summed E-state index contributed by atoms with van der Waals surface area (Å²) in [5.74, 6) is -1.28. The van der Waals surface area contributed by atoms with E-state index in [2.05, 4.69) is 8.49 Å². The normalized spacial score (nSPS) is 13.4. The van der Waals surface area contributed by atoms with E-state index in [0.29, 0.717) is 12.1 Å². The molecule has 106 valence electrons. The molecule has 1 rings (SSSR count). The molecule has 0 radical (unpaired) electrons. The average molecular weight is 321 g/mol. The van der Waals surface area contributed by atoms with Crippen LogP contribution in [-0.4, -0.2) is 15.5 Å². The predicted octanol–water partition coefficient (Wildman–Crippen LogP) is 2.85. The lowest BCUT2D eigenvalue weighted by Crippen LogP contribution is -2.14. The van der Waals surface area contributed by atoms with Gasteiger partial charge in [0, 0.05) is 8.54 Å². The smallest absolute Gasteiger partial charge is 0.207 e. The molecule has 0 N–H and O–H groups in total. The predicted molar refractivity (Wildman–Crippen MR) is 54.3 cm³/mol. The summed E-state index contributed by atoms with van der Waals surface area (Å²) in [6, 6.07) is 0.869. The molecule has 0 aromatic heterocycles. The summed E-state index contributed by atoms with van der Waals surface area (Å²) in [5, 5.41) is 0. The minimum Gasteiger partial charge on any atom is -0.207 e. The number of rotatable bonds is 4. The third-order valence-electron chi connectivity index (χ3n) is 1.82. The summed E-state index contributed by atoms with van der Waals surface area (Å²) in [5.41, 5.74) is -1.76. The van der Waals surface area contributed by atoms with Crippen LogP contribution >= 0.6 is 8.25 Å². The second kappa shape index (κ2) is 5.49. The fourth-order valence-electron chi connectivity index (χ4n) is 1.09. The Balaban J connectivity index is 3.39. The molecule has 11 heteroatoms. The highest BCUT2D eigenvalue weighted by Gasteiger charge is 2.41. The minimum atomic E-state index is -5.12. The molecule has 0 aliphatic carbocycles. The third-order valence-corrected chi connectivity index (χ3v) is 4.29. The molecule has 0 saturated carbocycles. The molecular formula is C8H6F4O5PS+. The lowest BCUT2D eigenvalue weighted by Gasteiger charge is -2.10. The lowest BCUT2D eigenvalue weighted by molar-refractivity contribution is -0.140. The monoisotopic (exact) mass is 321 g/mol. The number of hydrogen-bond acceptors (Lipinski definition) is 5. The Morgan fingerprint density at radius 3 is 2.32 bits per heavy atom. The van der Waals surface area contributed by atoms with Crippen LogP contribution in [0.4, 0.5) is 17.6 Å².